The lowest BCUT2D eigenvalue weighted by atomic mass is 10.2. The van der Waals surface area contributed by atoms with Crippen LogP contribution in [-0.2, 0) is 0 Å². The fraction of sp³-hybridized carbons (Fsp3) is 0.500. The molecule has 0 aromatic heterocycles. The van der Waals surface area contributed by atoms with Gasteiger partial charge < -0.3 is 5.73 Å². The van der Waals surface area contributed by atoms with Crippen molar-refractivity contribution in [2.75, 3.05) is 5.75 Å². The van der Waals surface area contributed by atoms with E-state index in [1.54, 1.807) is 23.9 Å². The van der Waals surface area contributed by atoms with Crippen LogP contribution in [0.3, 0.4) is 0 Å². The van der Waals surface area contributed by atoms with Crippen LogP contribution in [0.2, 0.25) is 0 Å². The Morgan fingerprint density at radius 1 is 1.33 bits per heavy atom. The van der Waals surface area contributed by atoms with Gasteiger partial charge in [-0.25, -0.2) is 4.39 Å². The Kier molecular flexibility index (Phi) is 5.73. The molecule has 1 aromatic carbocycles. The normalized spacial score (nSPS) is 12.7. The fourth-order valence-corrected chi connectivity index (χ4v) is 2.19. The van der Waals surface area contributed by atoms with Crippen LogP contribution >= 0.6 is 11.8 Å². The molecule has 1 aromatic rings. The Bertz CT molecular complexity index is 273. The van der Waals surface area contributed by atoms with Gasteiger partial charge in [0.15, 0.2) is 0 Å². The van der Waals surface area contributed by atoms with Crippen molar-refractivity contribution in [3.63, 3.8) is 0 Å². The first-order valence-corrected chi connectivity index (χ1v) is 6.35. The molecule has 1 unspecified atom stereocenters. The molecule has 0 aliphatic heterocycles. The van der Waals surface area contributed by atoms with Gasteiger partial charge in [-0.05, 0) is 30.7 Å². The topological polar surface area (TPSA) is 26.0 Å². The van der Waals surface area contributed by atoms with Crippen LogP contribution in [-0.4, -0.2) is 11.8 Å². The molecule has 0 amide bonds. The molecule has 0 fully saturated rings. The van der Waals surface area contributed by atoms with Crippen molar-refractivity contribution in [3.8, 4) is 0 Å². The van der Waals surface area contributed by atoms with E-state index >= 15 is 0 Å². The van der Waals surface area contributed by atoms with E-state index in [0.717, 1.165) is 17.1 Å². The monoisotopic (exact) mass is 227 g/mol. The number of unbranched alkanes of at least 4 members (excludes halogenated alkanes) is 1. The summed E-state index contributed by atoms with van der Waals surface area (Å²) in [6, 6.07) is 6.82. The molecule has 0 saturated carbocycles. The second-order valence-electron chi connectivity index (χ2n) is 3.67. The van der Waals surface area contributed by atoms with Gasteiger partial charge >= 0.3 is 0 Å². The molecule has 0 spiro atoms. The van der Waals surface area contributed by atoms with Gasteiger partial charge in [-0.15, -0.1) is 11.8 Å². The zero-order valence-corrected chi connectivity index (χ0v) is 9.90. The van der Waals surface area contributed by atoms with Crippen molar-refractivity contribution in [2.24, 2.45) is 5.73 Å². The van der Waals surface area contributed by atoms with Crippen molar-refractivity contribution >= 4 is 11.8 Å². The van der Waals surface area contributed by atoms with E-state index < -0.39 is 0 Å². The van der Waals surface area contributed by atoms with Crippen molar-refractivity contribution < 1.29 is 4.39 Å². The average Bonchev–Trinajstić information content (AvgIpc) is 2.25. The van der Waals surface area contributed by atoms with Crippen molar-refractivity contribution in [1.82, 2.24) is 0 Å². The Morgan fingerprint density at radius 3 is 2.60 bits per heavy atom. The van der Waals surface area contributed by atoms with Gasteiger partial charge in [0.1, 0.15) is 5.82 Å². The quantitative estimate of drug-likeness (QED) is 0.753. The number of nitrogens with two attached hydrogens (primary N) is 1. The van der Waals surface area contributed by atoms with Crippen LogP contribution in [0.1, 0.15) is 26.2 Å². The van der Waals surface area contributed by atoms with Gasteiger partial charge in [0.2, 0.25) is 0 Å². The van der Waals surface area contributed by atoms with Crippen molar-refractivity contribution in [2.45, 2.75) is 37.1 Å². The molecule has 1 nitrogen and oxygen atoms in total. The van der Waals surface area contributed by atoms with Crippen LogP contribution in [0.5, 0.6) is 0 Å². The highest BCUT2D eigenvalue weighted by Crippen LogP contribution is 2.19. The Morgan fingerprint density at radius 2 is 2.00 bits per heavy atom. The van der Waals surface area contributed by atoms with Crippen LogP contribution < -0.4 is 5.73 Å². The first kappa shape index (κ1) is 12.5. The molecular weight excluding hydrogens is 209 g/mol. The van der Waals surface area contributed by atoms with Crippen LogP contribution in [0, 0.1) is 5.82 Å². The second-order valence-corrected chi connectivity index (χ2v) is 4.76. The Labute approximate surface area is 95.2 Å². The smallest absolute Gasteiger partial charge is 0.123 e. The maximum absolute atomic E-state index is 12.6. The predicted octanol–water partition coefficient (Wildman–Crippen LogP) is 3.44. The summed E-state index contributed by atoms with van der Waals surface area (Å²) in [4.78, 5) is 1.09. The Hall–Kier alpha value is -0.540. The molecule has 3 heteroatoms. The third-order valence-electron chi connectivity index (χ3n) is 2.21. The van der Waals surface area contributed by atoms with Gasteiger partial charge in [0.25, 0.3) is 0 Å². The highest BCUT2D eigenvalue weighted by atomic mass is 32.2. The van der Waals surface area contributed by atoms with Crippen molar-refractivity contribution in [1.29, 1.82) is 0 Å². The largest absolute Gasteiger partial charge is 0.327 e. The van der Waals surface area contributed by atoms with Gasteiger partial charge in [-0.3, -0.25) is 0 Å². The van der Waals surface area contributed by atoms with Gasteiger partial charge in [0, 0.05) is 16.7 Å². The number of halogens is 1. The number of thioether (sulfide) groups is 1. The maximum Gasteiger partial charge on any atom is 0.123 e. The number of rotatable bonds is 6. The summed E-state index contributed by atoms with van der Waals surface area (Å²) in [5.74, 6) is 0.723. The van der Waals surface area contributed by atoms with Crippen LogP contribution in [0.25, 0.3) is 0 Å². The first-order valence-electron chi connectivity index (χ1n) is 5.36. The minimum absolute atomic E-state index is 0.186. The van der Waals surface area contributed by atoms with E-state index in [9.17, 15) is 4.39 Å². The van der Waals surface area contributed by atoms with Gasteiger partial charge in [-0.1, -0.05) is 19.8 Å². The van der Waals surface area contributed by atoms with Crippen LogP contribution in [0.15, 0.2) is 29.2 Å². The summed E-state index contributed by atoms with van der Waals surface area (Å²) < 4.78 is 12.6. The van der Waals surface area contributed by atoms with Crippen molar-refractivity contribution in [3.05, 3.63) is 30.1 Å². The molecule has 0 radical (unpaired) electrons. The molecule has 84 valence electrons. The number of benzene rings is 1. The van der Waals surface area contributed by atoms with E-state index in [0.29, 0.717) is 0 Å². The standard InChI is InChI=1S/C12H18FNS/c1-2-3-4-11(14)9-15-12-7-5-10(13)6-8-12/h5-8,11H,2-4,9,14H2,1H3. The highest BCUT2D eigenvalue weighted by Gasteiger charge is 2.02. The molecule has 0 bridgehead atoms. The first-order chi connectivity index (χ1) is 7.22. The molecule has 0 aliphatic rings. The van der Waals surface area contributed by atoms with E-state index in [1.165, 1.54) is 25.0 Å². The van der Waals surface area contributed by atoms with Crippen LogP contribution in [0.4, 0.5) is 4.39 Å². The lowest BCUT2D eigenvalue weighted by molar-refractivity contribution is 0.621. The summed E-state index contributed by atoms with van der Waals surface area (Å²) in [6.07, 6.45) is 3.45. The zero-order valence-electron chi connectivity index (χ0n) is 9.08. The molecule has 0 saturated heterocycles. The highest BCUT2D eigenvalue weighted by molar-refractivity contribution is 7.99. The third kappa shape index (κ3) is 5.19. The molecular formula is C12H18FNS. The molecule has 1 rings (SSSR count). The van der Waals surface area contributed by atoms with Gasteiger partial charge in [0.05, 0.1) is 0 Å². The molecule has 2 N–H and O–H groups in total. The predicted molar refractivity (Wildman–Crippen MR) is 64.6 cm³/mol. The van der Waals surface area contributed by atoms with E-state index in [4.69, 9.17) is 5.73 Å². The van der Waals surface area contributed by atoms with Gasteiger partial charge in [-0.2, -0.15) is 0 Å². The number of hydrogen-bond acceptors (Lipinski definition) is 2. The fourth-order valence-electron chi connectivity index (χ4n) is 1.28. The molecule has 1 atom stereocenters. The van der Waals surface area contributed by atoms with E-state index in [2.05, 4.69) is 6.92 Å². The molecule has 15 heavy (non-hydrogen) atoms. The minimum Gasteiger partial charge on any atom is -0.327 e. The SMILES string of the molecule is CCCCC(N)CSc1ccc(F)cc1. The summed E-state index contributed by atoms with van der Waals surface area (Å²) >= 11 is 1.70. The Balaban J connectivity index is 2.27. The maximum atomic E-state index is 12.6. The van der Waals surface area contributed by atoms with E-state index in [-0.39, 0.29) is 11.9 Å². The summed E-state index contributed by atoms with van der Waals surface area (Å²) in [5, 5.41) is 0. The summed E-state index contributed by atoms with van der Waals surface area (Å²) in [5.41, 5.74) is 5.94. The average molecular weight is 227 g/mol. The molecule has 0 aliphatic carbocycles. The number of hydrogen-bond donors (Lipinski definition) is 1. The summed E-state index contributed by atoms with van der Waals surface area (Å²) in [6.45, 7) is 2.17. The van der Waals surface area contributed by atoms with E-state index in [1.807, 2.05) is 0 Å². The lowest BCUT2D eigenvalue weighted by Crippen LogP contribution is -2.22. The zero-order chi connectivity index (χ0) is 11.1. The summed E-state index contributed by atoms with van der Waals surface area (Å²) in [7, 11) is 0. The third-order valence-corrected chi connectivity index (χ3v) is 3.41. The lowest BCUT2D eigenvalue weighted by Gasteiger charge is -2.10. The second kappa shape index (κ2) is 6.85. The minimum atomic E-state index is -0.186. The molecule has 0 heterocycles.